The van der Waals surface area contributed by atoms with Crippen LogP contribution in [0, 0.1) is 6.92 Å². The van der Waals surface area contributed by atoms with Crippen molar-refractivity contribution in [3.63, 3.8) is 0 Å². The predicted molar refractivity (Wildman–Crippen MR) is 64.1 cm³/mol. The number of nitrogens with zero attached hydrogens (tertiary/aromatic N) is 1. The van der Waals surface area contributed by atoms with E-state index in [0.717, 1.165) is 0 Å². The average molecular weight is 204 g/mol. The van der Waals surface area contributed by atoms with Crippen LogP contribution in [0.4, 0.5) is 5.69 Å². The number of aromatic nitrogens is 1. The zero-order chi connectivity index (χ0) is 10.5. The molecule has 1 aromatic heterocycles. The molecule has 15 heavy (non-hydrogen) atoms. The molecule has 0 bridgehead atoms. The van der Waals surface area contributed by atoms with Crippen LogP contribution < -0.4 is 5.32 Å². The number of hydrogen-bond donors (Lipinski definition) is 1. The second kappa shape index (κ2) is 5.15. The van der Waals surface area contributed by atoms with E-state index >= 15 is 0 Å². The zero-order valence-corrected chi connectivity index (χ0v) is 9.50. The van der Waals surface area contributed by atoms with Crippen molar-refractivity contribution in [3.8, 4) is 0 Å². The minimum Gasteiger partial charge on any atom is -0.381 e. The molecule has 0 unspecified atom stereocenters. The Morgan fingerprint density at radius 3 is 2.60 bits per heavy atom. The average Bonchev–Trinajstić information content (AvgIpc) is 2.50. The lowest BCUT2D eigenvalue weighted by molar-refractivity contribution is 0.619. The van der Waals surface area contributed by atoms with E-state index in [1.807, 2.05) is 12.4 Å². The molecule has 0 amide bonds. The summed E-state index contributed by atoms with van der Waals surface area (Å²) in [6.45, 7) is 2.14. The number of nitrogens with one attached hydrogen (secondary N) is 1. The van der Waals surface area contributed by atoms with Crippen LogP contribution in [0.15, 0.2) is 18.5 Å². The van der Waals surface area contributed by atoms with Gasteiger partial charge in [0.05, 0.1) is 11.9 Å². The zero-order valence-electron chi connectivity index (χ0n) is 9.50. The smallest absolute Gasteiger partial charge is 0.0558 e. The van der Waals surface area contributed by atoms with Gasteiger partial charge in [-0.25, -0.2) is 0 Å². The number of pyridine rings is 1. The summed E-state index contributed by atoms with van der Waals surface area (Å²) in [6.07, 6.45) is 12.0. The van der Waals surface area contributed by atoms with Gasteiger partial charge in [-0.3, -0.25) is 4.98 Å². The van der Waals surface area contributed by atoms with Gasteiger partial charge in [-0.1, -0.05) is 25.7 Å². The van der Waals surface area contributed by atoms with Gasteiger partial charge in [-0.2, -0.15) is 0 Å². The summed E-state index contributed by atoms with van der Waals surface area (Å²) in [6, 6.07) is 2.73. The van der Waals surface area contributed by atoms with Gasteiger partial charge in [-0.15, -0.1) is 0 Å². The second-order valence-electron chi connectivity index (χ2n) is 4.52. The molecule has 2 rings (SSSR count). The van der Waals surface area contributed by atoms with Crippen LogP contribution >= 0.6 is 0 Å². The van der Waals surface area contributed by atoms with Crippen molar-refractivity contribution in [2.45, 2.75) is 51.5 Å². The molecule has 0 spiro atoms. The molecule has 1 aliphatic carbocycles. The Balaban J connectivity index is 1.98. The van der Waals surface area contributed by atoms with Gasteiger partial charge in [-0.05, 0) is 31.4 Å². The Labute approximate surface area is 92.1 Å². The number of hydrogen-bond acceptors (Lipinski definition) is 2. The van der Waals surface area contributed by atoms with Gasteiger partial charge in [0.25, 0.3) is 0 Å². The maximum atomic E-state index is 4.17. The first-order chi connectivity index (χ1) is 7.36. The Bertz CT molecular complexity index is 301. The molecule has 0 aromatic carbocycles. The highest BCUT2D eigenvalue weighted by Gasteiger charge is 2.12. The maximum absolute atomic E-state index is 4.17. The van der Waals surface area contributed by atoms with Crippen molar-refractivity contribution in [2.24, 2.45) is 0 Å². The van der Waals surface area contributed by atoms with Crippen molar-refractivity contribution in [1.82, 2.24) is 4.98 Å². The third kappa shape index (κ3) is 2.95. The molecule has 1 fully saturated rings. The molecule has 1 heterocycles. The Morgan fingerprint density at radius 1 is 1.20 bits per heavy atom. The maximum Gasteiger partial charge on any atom is 0.0558 e. The lowest BCUT2D eigenvalue weighted by atomic mass is 10.1. The van der Waals surface area contributed by atoms with E-state index in [9.17, 15) is 0 Å². The van der Waals surface area contributed by atoms with Crippen molar-refractivity contribution in [3.05, 3.63) is 24.0 Å². The number of aryl methyl sites for hydroxylation is 1. The van der Waals surface area contributed by atoms with Gasteiger partial charge in [0.2, 0.25) is 0 Å². The van der Waals surface area contributed by atoms with Crippen molar-refractivity contribution >= 4 is 5.69 Å². The molecule has 82 valence electrons. The van der Waals surface area contributed by atoms with E-state index in [4.69, 9.17) is 0 Å². The fraction of sp³-hybridized carbons (Fsp3) is 0.615. The van der Waals surface area contributed by atoms with E-state index in [2.05, 4.69) is 23.3 Å². The third-order valence-corrected chi connectivity index (χ3v) is 3.25. The van der Waals surface area contributed by atoms with Crippen LogP contribution in [0.1, 0.15) is 44.1 Å². The normalized spacial score (nSPS) is 18.5. The fourth-order valence-electron chi connectivity index (χ4n) is 2.26. The van der Waals surface area contributed by atoms with Gasteiger partial charge >= 0.3 is 0 Å². The van der Waals surface area contributed by atoms with Crippen molar-refractivity contribution in [2.75, 3.05) is 5.32 Å². The van der Waals surface area contributed by atoms with E-state index in [1.165, 1.54) is 49.8 Å². The molecule has 1 aromatic rings. The van der Waals surface area contributed by atoms with Crippen LogP contribution in [0.2, 0.25) is 0 Å². The molecule has 1 N–H and O–H groups in total. The highest BCUT2D eigenvalue weighted by Crippen LogP contribution is 2.22. The van der Waals surface area contributed by atoms with Crippen LogP contribution in [-0.4, -0.2) is 11.0 Å². The first-order valence-electron chi connectivity index (χ1n) is 6.03. The molecular weight excluding hydrogens is 184 g/mol. The molecule has 0 atom stereocenters. The molecule has 0 aliphatic heterocycles. The van der Waals surface area contributed by atoms with E-state index in [-0.39, 0.29) is 0 Å². The Morgan fingerprint density at radius 2 is 1.93 bits per heavy atom. The van der Waals surface area contributed by atoms with Crippen molar-refractivity contribution in [1.29, 1.82) is 0 Å². The van der Waals surface area contributed by atoms with Gasteiger partial charge in [0.15, 0.2) is 0 Å². The summed E-state index contributed by atoms with van der Waals surface area (Å²) >= 11 is 0. The predicted octanol–water partition coefficient (Wildman–Crippen LogP) is 3.52. The molecule has 2 nitrogen and oxygen atoms in total. The van der Waals surface area contributed by atoms with Crippen LogP contribution in [0.25, 0.3) is 0 Å². The largest absolute Gasteiger partial charge is 0.381 e. The SMILES string of the molecule is Cc1ccncc1NC1CCCCCC1. The first-order valence-corrected chi connectivity index (χ1v) is 6.03. The number of rotatable bonds is 2. The minimum absolute atomic E-state index is 0.662. The van der Waals surface area contributed by atoms with E-state index < -0.39 is 0 Å². The summed E-state index contributed by atoms with van der Waals surface area (Å²) in [5.41, 5.74) is 2.51. The van der Waals surface area contributed by atoms with E-state index in [1.54, 1.807) is 0 Å². The van der Waals surface area contributed by atoms with Gasteiger partial charge in [0, 0.05) is 12.2 Å². The molecule has 1 aliphatic rings. The lowest BCUT2D eigenvalue weighted by Crippen LogP contribution is -2.18. The molecule has 0 saturated heterocycles. The highest BCUT2D eigenvalue weighted by molar-refractivity contribution is 5.48. The highest BCUT2D eigenvalue weighted by atomic mass is 14.9. The molecule has 1 saturated carbocycles. The summed E-state index contributed by atoms with van der Waals surface area (Å²) < 4.78 is 0. The van der Waals surface area contributed by atoms with Crippen LogP contribution in [0.3, 0.4) is 0 Å². The Kier molecular flexibility index (Phi) is 3.59. The summed E-state index contributed by atoms with van der Waals surface area (Å²) in [7, 11) is 0. The monoisotopic (exact) mass is 204 g/mol. The molecule has 2 heteroatoms. The quantitative estimate of drug-likeness (QED) is 0.745. The summed E-state index contributed by atoms with van der Waals surface area (Å²) in [5, 5.41) is 3.63. The number of anilines is 1. The first kappa shape index (κ1) is 10.5. The summed E-state index contributed by atoms with van der Waals surface area (Å²) in [4.78, 5) is 4.17. The van der Waals surface area contributed by atoms with Gasteiger partial charge < -0.3 is 5.32 Å². The molecular formula is C13H20N2. The van der Waals surface area contributed by atoms with Crippen molar-refractivity contribution < 1.29 is 0 Å². The summed E-state index contributed by atoms with van der Waals surface area (Å²) in [5.74, 6) is 0. The van der Waals surface area contributed by atoms with Crippen LogP contribution in [-0.2, 0) is 0 Å². The van der Waals surface area contributed by atoms with Crippen LogP contribution in [0.5, 0.6) is 0 Å². The third-order valence-electron chi connectivity index (χ3n) is 3.25. The second-order valence-corrected chi connectivity index (χ2v) is 4.52. The van der Waals surface area contributed by atoms with Gasteiger partial charge in [0.1, 0.15) is 0 Å². The standard InChI is InChI=1S/C13H20N2/c1-11-8-9-14-10-13(11)15-12-6-4-2-3-5-7-12/h8-10,12,15H,2-7H2,1H3. The lowest BCUT2D eigenvalue weighted by Gasteiger charge is -2.18. The minimum atomic E-state index is 0.662. The Hall–Kier alpha value is -1.05. The molecule has 0 radical (unpaired) electrons. The fourth-order valence-corrected chi connectivity index (χ4v) is 2.26. The van der Waals surface area contributed by atoms with E-state index in [0.29, 0.717) is 6.04 Å². The topological polar surface area (TPSA) is 24.9 Å².